The highest BCUT2D eigenvalue weighted by molar-refractivity contribution is 7.13. The van der Waals surface area contributed by atoms with Gasteiger partial charge in [0, 0.05) is 44.2 Å². The SMILES string of the molecule is CCNc1nc(C(=O)N2CCN(c3cc(F)ccc3F)CC2)cs1. The van der Waals surface area contributed by atoms with Crippen molar-refractivity contribution in [2.75, 3.05) is 42.9 Å². The van der Waals surface area contributed by atoms with Crippen molar-refractivity contribution in [1.29, 1.82) is 0 Å². The Bertz CT molecular complexity index is 729. The van der Waals surface area contributed by atoms with Gasteiger partial charge in [0.05, 0.1) is 5.69 Å². The van der Waals surface area contributed by atoms with E-state index in [1.54, 1.807) is 15.2 Å². The maximum Gasteiger partial charge on any atom is 0.273 e. The Balaban J connectivity index is 1.63. The molecule has 24 heavy (non-hydrogen) atoms. The third-order valence-electron chi connectivity index (χ3n) is 3.87. The van der Waals surface area contributed by atoms with E-state index in [9.17, 15) is 13.6 Å². The molecule has 2 heterocycles. The quantitative estimate of drug-likeness (QED) is 0.919. The highest BCUT2D eigenvalue weighted by Crippen LogP contribution is 2.23. The molecule has 1 fully saturated rings. The van der Waals surface area contributed by atoms with Crippen LogP contribution in [-0.2, 0) is 0 Å². The minimum atomic E-state index is -0.469. The van der Waals surface area contributed by atoms with Gasteiger partial charge in [-0.05, 0) is 19.1 Å². The number of rotatable bonds is 4. The predicted molar refractivity (Wildman–Crippen MR) is 90.8 cm³/mol. The van der Waals surface area contributed by atoms with Gasteiger partial charge in [0.25, 0.3) is 5.91 Å². The first-order valence-electron chi connectivity index (χ1n) is 7.77. The second kappa shape index (κ2) is 7.12. The smallest absolute Gasteiger partial charge is 0.273 e. The van der Waals surface area contributed by atoms with E-state index >= 15 is 0 Å². The van der Waals surface area contributed by atoms with Crippen LogP contribution in [0.4, 0.5) is 19.6 Å². The molecule has 8 heteroatoms. The highest BCUT2D eigenvalue weighted by atomic mass is 32.1. The number of nitrogens with one attached hydrogen (secondary N) is 1. The normalized spacial score (nSPS) is 14.8. The summed E-state index contributed by atoms with van der Waals surface area (Å²) in [5.74, 6) is -1.05. The molecule has 0 aliphatic carbocycles. The Kier molecular flexibility index (Phi) is 4.94. The number of thiazole rings is 1. The molecule has 0 radical (unpaired) electrons. The van der Waals surface area contributed by atoms with Gasteiger partial charge in [-0.1, -0.05) is 0 Å². The monoisotopic (exact) mass is 352 g/mol. The first kappa shape index (κ1) is 16.6. The molecule has 0 saturated carbocycles. The van der Waals surface area contributed by atoms with Crippen molar-refractivity contribution in [3.63, 3.8) is 0 Å². The summed E-state index contributed by atoms with van der Waals surface area (Å²) in [5.41, 5.74) is 0.659. The summed E-state index contributed by atoms with van der Waals surface area (Å²) in [4.78, 5) is 20.2. The van der Waals surface area contributed by atoms with Gasteiger partial charge in [-0.25, -0.2) is 13.8 Å². The second-order valence-electron chi connectivity index (χ2n) is 5.44. The number of nitrogens with zero attached hydrogens (tertiary/aromatic N) is 3. The standard InChI is InChI=1S/C16H18F2N4OS/c1-2-19-16-20-13(10-24-16)15(23)22-7-5-21(6-8-22)14-9-11(17)3-4-12(14)18/h3-4,9-10H,2,5-8H2,1H3,(H,19,20). The Hall–Kier alpha value is -2.22. The van der Waals surface area contributed by atoms with E-state index in [2.05, 4.69) is 10.3 Å². The van der Waals surface area contributed by atoms with Gasteiger partial charge in [0.2, 0.25) is 0 Å². The minimum Gasteiger partial charge on any atom is -0.366 e. The third-order valence-corrected chi connectivity index (χ3v) is 4.67. The minimum absolute atomic E-state index is 0.130. The van der Waals surface area contributed by atoms with E-state index < -0.39 is 11.6 Å². The van der Waals surface area contributed by atoms with Gasteiger partial charge in [-0.3, -0.25) is 4.79 Å². The lowest BCUT2D eigenvalue weighted by Gasteiger charge is -2.35. The Morgan fingerprint density at radius 3 is 2.75 bits per heavy atom. The van der Waals surface area contributed by atoms with E-state index in [4.69, 9.17) is 0 Å². The van der Waals surface area contributed by atoms with Crippen LogP contribution in [-0.4, -0.2) is 48.5 Å². The number of carbonyl (C=O) groups excluding carboxylic acids is 1. The lowest BCUT2D eigenvalue weighted by atomic mass is 10.2. The summed E-state index contributed by atoms with van der Waals surface area (Å²) in [5, 5.41) is 5.54. The van der Waals surface area contributed by atoms with Gasteiger partial charge in [-0.2, -0.15) is 0 Å². The number of piperazine rings is 1. The molecule has 0 bridgehead atoms. The zero-order valence-electron chi connectivity index (χ0n) is 13.3. The number of hydrogen-bond donors (Lipinski definition) is 1. The fraction of sp³-hybridized carbons (Fsp3) is 0.375. The Labute approximate surface area is 142 Å². The zero-order valence-corrected chi connectivity index (χ0v) is 14.1. The topological polar surface area (TPSA) is 48.5 Å². The van der Waals surface area contributed by atoms with E-state index in [0.717, 1.165) is 23.8 Å². The average Bonchev–Trinajstić information content (AvgIpc) is 3.06. The van der Waals surface area contributed by atoms with Crippen LogP contribution in [0, 0.1) is 11.6 Å². The van der Waals surface area contributed by atoms with Crippen LogP contribution in [0.1, 0.15) is 17.4 Å². The van der Waals surface area contributed by atoms with Crippen LogP contribution < -0.4 is 10.2 Å². The Morgan fingerprint density at radius 1 is 1.29 bits per heavy atom. The van der Waals surface area contributed by atoms with Gasteiger partial charge in [0.1, 0.15) is 17.3 Å². The number of carbonyl (C=O) groups is 1. The van der Waals surface area contributed by atoms with Gasteiger partial charge in [-0.15, -0.1) is 11.3 Å². The van der Waals surface area contributed by atoms with Crippen LogP contribution >= 0.6 is 11.3 Å². The van der Waals surface area contributed by atoms with Crippen molar-refractivity contribution in [1.82, 2.24) is 9.88 Å². The summed E-state index contributed by atoms with van der Waals surface area (Å²) in [6, 6.07) is 3.42. The number of anilines is 2. The van der Waals surface area contributed by atoms with E-state index in [1.807, 2.05) is 6.92 Å². The number of amides is 1. The predicted octanol–water partition coefficient (Wildman–Crippen LogP) is 2.82. The van der Waals surface area contributed by atoms with Gasteiger partial charge >= 0.3 is 0 Å². The van der Waals surface area contributed by atoms with Crippen molar-refractivity contribution in [3.05, 3.63) is 40.9 Å². The second-order valence-corrected chi connectivity index (χ2v) is 6.30. The molecule has 1 aliphatic rings. The molecule has 0 atom stereocenters. The number of aromatic nitrogens is 1. The van der Waals surface area contributed by atoms with Crippen LogP contribution in [0.3, 0.4) is 0 Å². The van der Waals surface area contributed by atoms with E-state index in [0.29, 0.717) is 31.9 Å². The van der Waals surface area contributed by atoms with Crippen LogP contribution in [0.15, 0.2) is 23.6 Å². The highest BCUT2D eigenvalue weighted by Gasteiger charge is 2.25. The summed E-state index contributed by atoms with van der Waals surface area (Å²) in [7, 11) is 0. The molecular weight excluding hydrogens is 334 g/mol. The van der Waals surface area contributed by atoms with E-state index in [1.165, 1.54) is 17.4 Å². The van der Waals surface area contributed by atoms with Crippen LogP contribution in [0.5, 0.6) is 0 Å². The van der Waals surface area contributed by atoms with Crippen molar-refractivity contribution in [2.24, 2.45) is 0 Å². The molecule has 1 saturated heterocycles. The Morgan fingerprint density at radius 2 is 2.04 bits per heavy atom. The molecular formula is C16H18F2N4OS. The molecule has 0 spiro atoms. The molecule has 0 unspecified atom stereocenters. The molecule has 1 aromatic heterocycles. The fourth-order valence-corrected chi connectivity index (χ4v) is 3.40. The first-order valence-corrected chi connectivity index (χ1v) is 8.65. The lowest BCUT2D eigenvalue weighted by Crippen LogP contribution is -2.49. The maximum absolute atomic E-state index is 13.8. The summed E-state index contributed by atoms with van der Waals surface area (Å²) in [6.07, 6.45) is 0. The first-order chi connectivity index (χ1) is 11.6. The fourth-order valence-electron chi connectivity index (χ4n) is 2.64. The molecule has 128 valence electrons. The number of benzene rings is 1. The molecule has 5 nitrogen and oxygen atoms in total. The van der Waals surface area contributed by atoms with Crippen molar-refractivity contribution in [2.45, 2.75) is 6.92 Å². The third kappa shape index (κ3) is 3.48. The largest absolute Gasteiger partial charge is 0.366 e. The van der Waals surface area contributed by atoms with Crippen LogP contribution in [0.25, 0.3) is 0 Å². The lowest BCUT2D eigenvalue weighted by molar-refractivity contribution is 0.0741. The van der Waals surface area contributed by atoms with Crippen molar-refractivity contribution in [3.8, 4) is 0 Å². The van der Waals surface area contributed by atoms with Crippen LogP contribution in [0.2, 0.25) is 0 Å². The van der Waals surface area contributed by atoms with E-state index in [-0.39, 0.29) is 11.6 Å². The molecule has 3 rings (SSSR count). The van der Waals surface area contributed by atoms with Gasteiger partial charge in [0.15, 0.2) is 5.13 Å². The molecule has 1 N–H and O–H groups in total. The molecule has 2 aromatic rings. The molecule has 1 amide bonds. The average molecular weight is 352 g/mol. The summed E-state index contributed by atoms with van der Waals surface area (Å²) < 4.78 is 27.2. The molecule has 1 aliphatic heterocycles. The number of halogens is 2. The number of hydrogen-bond acceptors (Lipinski definition) is 5. The molecule has 1 aromatic carbocycles. The van der Waals surface area contributed by atoms with Gasteiger partial charge < -0.3 is 15.1 Å². The van der Waals surface area contributed by atoms with Crippen molar-refractivity contribution < 1.29 is 13.6 Å². The maximum atomic E-state index is 13.8. The summed E-state index contributed by atoms with van der Waals surface area (Å²) in [6.45, 7) is 4.52. The zero-order chi connectivity index (χ0) is 17.1. The summed E-state index contributed by atoms with van der Waals surface area (Å²) >= 11 is 1.40. The van der Waals surface area contributed by atoms with Crippen molar-refractivity contribution >= 4 is 28.1 Å².